The molecule has 1 amide bonds. The van der Waals surface area contributed by atoms with Crippen LogP contribution in [0.25, 0.3) is 11.0 Å². The van der Waals surface area contributed by atoms with E-state index in [4.69, 9.17) is 4.74 Å². The van der Waals surface area contributed by atoms with E-state index in [-0.39, 0.29) is 18.3 Å². The Hall–Kier alpha value is -3.09. The minimum atomic E-state index is -0.579. The summed E-state index contributed by atoms with van der Waals surface area (Å²) in [5.41, 5.74) is 2.35. The van der Waals surface area contributed by atoms with E-state index in [0.717, 1.165) is 0 Å². The van der Waals surface area contributed by atoms with E-state index < -0.39 is 6.09 Å². The van der Waals surface area contributed by atoms with Gasteiger partial charge in [-0.25, -0.2) is 9.78 Å². The van der Waals surface area contributed by atoms with Crippen molar-refractivity contribution in [2.45, 2.75) is 6.92 Å². The first kappa shape index (κ1) is 13.9. The second kappa shape index (κ2) is 5.72. The number of carbonyl (C=O) groups excluding carboxylic acids is 2. The third-order valence-corrected chi connectivity index (χ3v) is 3.08. The topological polar surface area (TPSA) is 99.9 Å². The van der Waals surface area contributed by atoms with Gasteiger partial charge in [0.05, 0.1) is 23.3 Å². The van der Waals surface area contributed by atoms with Crippen molar-refractivity contribution in [2.24, 2.45) is 0 Å². The highest BCUT2D eigenvalue weighted by atomic mass is 16.5. The molecule has 0 unspecified atom stereocenters. The Balaban J connectivity index is 1.87. The zero-order valence-electron chi connectivity index (χ0n) is 11.8. The summed E-state index contributed by atoms with van der Waals surface area (Å²) in [4.78, 5) is 33.7. The lowest BCUT2D eigenvalue weighted by Gasteiger charge is -2.00. The number of hydrogen-bond donors (Lipinski definition) is 3. The fraction of sp³-hybridized carbons (Fsp3) is 0.133. The van der Waals surface area contributed by atoms with E-state index in [2.05, 4.69) is 20.3 Å². The molecule has 7 heteroatoms. The molecule has 0 fully saturated rings. The van der Waals surface area contributed by atoms with Crippen molar-refractivity contribution in [3.05, 3.63) is 47.8 Å². The second-order valence-corrected chi connectivity index (χ2v) is 4.58. The van der Waals surface area contributed by atoms with Crippen LogP contribution in [0.15, 0.2) is 36.5 Å². The van der Waals surface area contributed by atoms with Gasteiger partial charge in [0.15, 0.2) is 0 Å². The number of carbonyl (C=O) groups is 2. The molecule has 2 aromatic heterocycles. The van der Waals surface area contributed by atoms with E-state index in [0.29, 0.717) is 22.3 Å². The van der Waals surface area contributed by atoms with Crippen LogP contribution in [0.2, 0.25) is 0 Å². The van der Waals surface area contributed by atoms with Gasteiger partial charge in [0.25, 0.3) is 0 Å². The largest absolute Gasteiger partial charge is 0.450 e. The first-order valence-corrected chi connectivity index (χ1v) is 6.79. The Bertz CT molecular complexity index is 821. The molecule has 3 N–H and O–H groups in total. The predicted octanol–water partition coefficient (Wildman–Crippen LogP) is 2.69. The average Bonchev–Trinajstić information content (AvgIpc) is 3.14. The molecule has 22 heavy (non-hydrogen) atoms. The Morgan fingerprint density at radius 1 is 1.32 bits per heavy atom. The summed E-state index contributed by atoms with van der Waals surface area (Å²) in [6, 6.07) is 8.59. The summed E-state index contributed by atoms with van der Waals surface area (Å²) in [6.07, 6.45) is 1.12. The van der Waals surface area contributed by atoms with Crippen molar-refractivity contribution in [1.29, 1.82) is 0 Å². The Labute approximate surface area is 125 Å². The summed E-state index contributed by atoms with van der Waals surface area (Å²) >= 11 is 0. The fourth-order valence-electron chi connectivity index (χ4n) is 2.10. The Morgan fingerprint density at radius 3 is 2.91 bits per heavy atom. The van der Waals surface area contributed by atoms with Gasteiger partial charge in [0.1, 0.15) is 0 Å². The van der Waals surface area contributed by atoms with Gasteiger partial charge >= 0.3 is 6.09 Å². The van der Waals surface area contributed by atoms with E-state index in [1.165, 1.54) is 0 Å². The van der Waals surface area contributed by atoms with Crippen LogP contribution in [0.1, 0.15) is 23.0 Å². The van der Waals surface area contributed by atoms with Gasteiger partial charge in [-0.05, 0) is 37.3 Å². The van der Waals surface area contributed by atoms with Gasteiger partial charge in [0.2, 0.25) is 11.7 Å². The predicted molar refractivity (Wildman–Crippen MR) is 81.0 cm³/mol. The van der Waals surface area contributed by atoms with Crippen LogP contribution in [0.5, 0.6) is 0 Å². The SMILES string of the molecule is CCOC(=O)Nc1nc2ccc(C(=O)c3ccc[nH]3)cc2[nH]1. The minimum absolute atomic E-state index is 0.110. The molecule has 1 aromatic carbocycles. The number of aromatic amines is 2. The lowest BCUT2D eigenvalue weighted by atomic mass is 10.1. The first-order chi connectivity index (χ1) is 10.7. The number of benzene rings is 1. The number of fused-ring (bicyclic) bond motifs is 1. The van der Waals surface area contributed by atoms with Crippen molar-refractivity contribution in [3.8, 4) is 0 Å². The number of anilines is 1. The zero-order valence-corrected chi connectivity index (χ0v) is 11.8. The van der Waals surface area contributed by atoms with E-state index in [1.54, 1.807) is 43.5 Å². The maximum Gasteiger partial charge on any atom is 0.413 e. The van der Waals surface area contributed by atoms with Crippen molar-refractivity contribution >= 4 is 28.9 Å². The van der Waals surface area contributed by atoms with Crippen LogP contribution in [-0.2, 0) is 4.74 Å². The minimum Gasteiger partial charge on any atom is -0.450 e. The normalized spacial score (nSPS) is 10.6. The molecule has 0 saturated carbocycles. The number of amides is 1. The van der Waals surface area contributed by atoms with Crippen LogP contribution >= 0.6 is 0 Å². The molecule has 3 rings (SSSR count). The molecule has 112 valence electrons. The van der Waals surface area contributed by atoms with Gasteiger partial charge in [-0.2, -0.15) is 0 Å². The third kappa shape index (κ3) is 2.69. The summed E-state index contributed by atoms with van der Waals surface area (Å²) in [6.45, 7) is 2.00. The maximum atomic E-state index is 12.3. The number of imidazole rings is 1. The van der Waals surface area contributed by atoms with E-state index in [1.807, 2.05) is 0 Å². The van der Waals surface area contributed by atoms with Crippen LogP contribution in [0.3, 0.4) is 0 Å². The molecule has 0 saturated heterocycles. The molecule has 0 atom stereocenters. The van der Waals surface area contributed by atoms with E-state index >= 15 is 0 Å². The standard InChI is InChI=1S/C15H14N4O3/c1-2-22-15(21)19-14-17-10-6-5-9(8-12(10)18-14)13(20)11-4-3-7-16-11/h3-8,16H,2H2,1H3,(H2,17,18,19,21). The fourth-order valence-corrected chi connectivity index (χ4v) is 2.10. The Morgan fingerprint density at radius 2 is 2.18 bits per heavy atom. The molecule has 0 aliphatic rings. The summed E-state index contributed by atoms with van der Waals surface area (Å²) in [7, 11) is 0. The lowest BCUT2D eigenvalue weighted by Crippen LogP contribution is -2.14. The number of ketones is 1. The molecule has 2 heterocycles. The van der Waals surface area contributed by atoms with Crippen molar-refractivity contribution in [2.75, 3.05) is 11.9 Å². The van der Waals surface area contributed by atoms with Gasteiger partial charge in [-0.1, -0.05) is 0 Å². The number of ether oxygens (including phenoxy) is 1. The number of rotatable bonds is 4. The van der Waals surface area contributed by atoms with Gasteiger partial charge in [0, 0.05) is 11.8 Å². The van der Waals surface area contributed by atoms with Gasteiger partial charge in [-0.15, -0.1) is 0 Å². The summed E-state index contributed by atoms with van der Waals surface area (Å²) in [5.74, 6) is 0.166. The highest BCUT2D eigenvalue weighted by molar-refractivity contribution is 6.09. The van der Waals surface area contributed by atoms with Crippen molar-refractivity contribution in [1.82, 2.24) is 15.0 Å². The van der Waals surface area contributed by atoms with Crippen LogP contribution in [-0.4, -0.2) is 33.4 Å². The highest BCUT2D eigenvalue weighted by Crippen LogP contribution is 2.18. The summed E-state index contributed by atoms with van der Waals surface area (Å²) in [5, 5.41) is 2.49. The number of hydrogen-bond acceptors (Lipinski definition) is 4. The third-order valence-electron chi connectivity index (χ3n) is 3.08. The summed E-state index contributed by atoms with van der Waals surface area (Å²) < 4.78 is 4.78. The molecule has 0 spiro atoms. The Kier molecular flexibility index (Phi) is 3.61. The molecular formula is C15H14N4O3. The van der Waals surface area contributed by atoms with E-state index in [9.17, 15) is 9.59 Å². The van der Waals surface area contributed by atoms with Crippen molar-refractivity contribution < 1.29 is 14.3 Å². The zero-order chi connectivity index (χ0) is 15.5. The van der Waals surface area contributed by atoms with Gasteiger partial charge in [-0.3, -0.25) is 10.1 Å². The number of H-pyrrole nitrogens is 2. The lowest BCUT2D eigenvalue weighted by molar-refractivity contribution is 0.103. The molecule has 0 bridgehead atoms. The van der Waals surface area contributed by atoms with Crippen molar-refractivity contribution in [3.63, 3.8) is 0 Å². The smallest absolute Gasteiger partial charge is 0.413 e. The van der Waals surface area contributed by atoms with Gasteiger partial charge < -0.3 is 14.7 Å². The van der Waals surface area contributed by atoms with Crippen LogP contribution in [0, 0.1) is 0 Å². The molecular weight excluding hydrogens is 284 g/mol. The maximum absolute atomic E-state index is 12.3. The molecule has 0 aliphatic carbocycles. The molecule has 3 aromatic rings. The number of nitrogens with zero attached hydrogens (tertiary/aromatic N) is 1. The second-order valence-electron chi connectivity index (χ2n) is 4.58. The highest BCUT2D eigenvalue weighted by Gasteiger charge is 2.12. The first-order valence-electron chi connectivity index (χ1n) is 6.79. The number of nitrogens with one attached hydrogen (secondary N) is 3. The van der Waals surface area contributed by atoms with Crippen LogP contribution < -0.4 is 5.32 Å². The molecule has 0 aliphatic heterocycles. The number of aromatic nitrogens is 3. The van der Waals surface area contributed by atoms with Crippen LogP contribution in [0.4, 0.5) is 10.7 Å². The monoisotopic (exact) mass is 298 g/mol. The quantitative estimate of drug-likeness (QED) is 0.645. The molecule has 7 nitrogen and oxygen atoms in total. The molecule has 0 radical (unpaired) electrons. The average molecular weight is 298 g/mol.